The summed E-state index contributed by atoms with van der Waals surface area (Å²) in [7, 11) is 0. The topological polar surface area (TPSA) is 98.1 Å². The highest BCUT2D eigenvalue weighted by Crippen LogP contribution is 2.25. The Morgan fingerprint density at radius 2 is 2.05 bits per heavy atom. The maximum absolute atomic E-state index is 12.7. The van der Waals surface area contributed by atoms with Crippen molar-refractivity contribution in [3.05, 3.63) is 32.6 Å². The minimum absolute atomic E-state index is 0.0134. The minimum atomic E-state index is -0.618. The summed E-state index contributed by atoms with van der Waals surface area (Å²) >= 11 is 0. The van der Waals surface area contributed by atoms with E-state index in [2.05, 4.69) is 15.3 Å². The predicted molar refractivity (Wildman–Crippen MR) is 77.4 cm³/mol. The lowest BCUT2D eigenvalue weighted by Gasteiger charge is -2.39. The Kier molecular flexibility index (Phi) is 3.92. The standard InChI is InChI=1S/C14H20N4O3/c19-12-9(8-16-14(21)17-12)13(20)18-7-2-1-5-11(18)10-4-3-6-15-10/h8,10-11,15H,1-7H2,(H2,16,17,19,21). The summed E-state index contributed by atoms with van der Waals surface area (Å²) in [5, 5.41) is 3.45. The molecule has 3 heterocycles. The number of amides is 1. The highest BCUT2D eigenvalue weighted by atomic mass is 16.2. The van der Waals surface area contributed by atoms with Gasteiger partial charge in [-0.15, -0.1) is 0 Å². The van der Waals surface area contributed by atoms with Gasteiger partial charge in [0, 0.05) is 24.8 Å². The van der Waals surface area contributed by atoms with Crippen LogP contribution in [0.2, 0.25) is 0 Å². The summed E-state index contributed by atoms with van der Waals surface area (Å²) in [6.45, 7) is 1.66. The molecule has 0 saturated carbocycles. The second-order valence-electron chi connectivity index (χ2n) is 5.75. The number of likely N-dealkylation sites (tertiary alicyclic amines) is 1. The van der Waals surface area contributed by atoms with E-state index >= 15 is 0 Å². The van der Waals surface area contributed by atoms with Gasteiger partial charge < -0.3 is 15.2 Å². The van der Waals surface area contributed by atoms with Crippen molar-refractivity contribution in [3.63, 3.8) is 0 Å². The second-order valence-corrected chi connectivity index (χ2v) is 5.75. The molecule has 0 aliphatic carbocycles. The van der Waals surface area contributed by atoms with Gasteiger partial charge >= 0.3 is 5.69 Å². The van der Waals surface area contributed by atoms with E-state index in [0.29, 0.717) is 12.6 Å². The molecule has 0 spiro atoms. The Hall–Kier alpha value is -1.89. The number of piperidine rings is 1. The van der Waals surface area contributed by atoms with Crippen molar-refractivity contribution < 1.29 is 4.79 Å². The molecule has 21 heavy (non-hydrogen) atoms. The van der Waals surface area contributed by atoms with Crippen molar-refractivity contribution in [2.24, 2.45) is 0 Å². The van der Waals surface area contributed by atoms with E-state index in [9.17, 15) is 14.4 Å². The molecule has 2 aliphatic heterocycles. The first-order chi connectivity index (χ1) is 10.2. The van der Waals surface area contributed by atoms with Gasteiger partial charge in [-0.05, 0) is 38.6 Å². The van der Waals surface area contributed by atoms with Crippen LogP contribution in [0, 0.1) is 0 Å². The summed E-state index contributed by atoms with van der Waals surface area (Å²) in [6, 6.07) is 0.455. The van der Waals surface area contributed by atoms with Crippen molar-refractivity contribution >= 4 is 5.91 Å². The van der Waals surface area contributed by atoms with Crippen LogP contribution in [-0.2, 0) is 0 Å². The van der Waals surface area contributed by atoms with Gasteiger partial charge in [-0.25, -0.2) is 4.79 Å². The number of carbonyl (C=O) groups is 1. The number of carbonyl (C=O) groups excluding carboxylic acids is 1. The Labute approximate surface area is 121 Å². The van der Waals surface area contributed by atoms with Crippen LogP contribution in [-0.4, -0.2) is 45.9 Å². The monoisotopic (exact) mass is 292 g/mol. The number of aromatic nitrogens is 2. The maximum atomic E-state index is 12.7. The van der Waals surface area contributed by atoms with Crippen LogP contribution in [0.15, 0.2) is 15.8 Å². The van der Waals surface area contributed by atoms with Crippen LogP contribution in [0.1, 0.15) is 42.5 Å². The third kappa shape index (κ3) is 2.78. The van der Waals surface area contributed by atoms with Crippen molar-refractivity contribution in [3.8, 4) is 0 Å². The molecule has 2 atom stereocenters. The van der Waals surface area contributed by atoms with Crippen LogP contribution >= 0.6 is 0 Å². The molecule has 1 aromatic heterocycles. The molecule has 0 bridgehead atoms. The molecule has 3 N–H and O–H groups in total. The molecule has 1 aromatic rings. The highest BCUT2D eigenvalue weighted by molar-refractivity contribution is 5.93. The molecule has 2 saturated heterocycles. The van der Waals surface area contributed by atoms with Crippen molar-refractivity contribution in [1.29, 1.82) is 0 Å². The molecule has 1 amide bonds. The summed E-state index contributed by atoms with van der Waals surface area (Å²) in [5.74, 6) is -0.286. The van der Waals surface area contributed by atoms with Crippen LogP contribution < -0.4 is 16.6 Å². The molecule has 0 radical (unpaired) electrons. The summed E-state index contributed by atoms with van der Waals surface area (Å²) < 4.78 is 0. The number of hydrogen-bond donors (Lipinski definition) is 3. The third-order valence-electron chi connectivity index (χ3n) is 4.42. The number of nitrogens with one attached hydrogen (secondary N) is 3. The van der Waals surface area contributed by atoms with E-state index in [0.717, 1.165) is 38.6 Å². The highest BCUT2D eigenvalue weighted by Gasteiger charge is 2.35. The number of H-pyrrole nitrogens is 2. The maximum Gasteiger partial charge on any atom is 0.325 e. The number of aromatic amines is 2. The molecular weight excluding hydrogens is 272 g/mol. The molecule has 2 unspecified atom stereocenters. The number of hydrogen-bond acceptors (Lipinski definition) is 4. The van der Waals surface area contributed by atoms with E-state index < -0.39 is 11.2 Å². The summed E-state index contributed by atoms with van der Waals surface area (Å²) in [6.07, 6.45) is 6.44. The van der Waals surface area contributed by atoms with Gasteiger partial charge in [0.2, 0.25) is 0 Å². The van der Waals surface area contributed by atoms with E-state index in [1.165, 1.54) is 6.20 Å². The first-order valence-corrected chi connectivity index (χ1v) is 7.53. The Morgan fingerprint density at radius 1 is 1.19 bits per heavy atom. The summed E-state index contributed by atoms with van der Waals surface area (Å²) in [4.78, 5) is 41.8. The average Bonchev–Trinajstić information content (AvgIpc) is 3.01. The molecule has 2 aliphatic rings. The lowest BCUT2D eigenvalue weighted by Crippen LogP contribution is -2.53. The average molecular weight is 292 g/mol. The molecule has 114 valence electrons. The van der Waals surface area contributed by atoms with Crippen LogP contribution in [0.5, 0.6) is 0 Å². The summed E-state index contributed by atoms with van der Waals surface area (Å²) in [5.41, 5.74) is -1.20. The van der Waals surface area contributed by atoms with Gasteiger partial charge in [0.25, 0.3) is 11.5 Å². The number of nitrogens with zero attached hydrogens (tertiary/aromatic N) is 1. The normalized spacial score (nSPS) is 26.0. The fraction of sp³-hybridized carbons (Fsp3) is 0.643. The molecule has 0 aromatic carbocycles. The number of rotatable bonds is 2. The Morgan fingerprint density at radius 3 is 2.76 bits per heavy atom. The zero-order chi connectivity index (χ0) is 14.8. The van der Waals surface area contributed by atoms with Crippen molar-refractivity contribution in [2.75, 3.05) is 13.1 Å². The van der Waals surface area contributed by atoms with Gasteiger partial charge in [-0.2, -0.15) is 0 Å². The molecule has 3 rings (SSSR count). The second kappa shape index (κ2) is 5.85. The third-order valence-corrected chi connectivity index (χ3v) is 4.42. The quantitative estimate of drug-likeness (QED) is 0.703. The SMILES string of the molecule is O=C(c1c[nH]c(=O)[nH]c1=O)N1CCCCC1C1CCCN1. The minimum Gasteiger partial charge on any atom is -0.334 e. The van der Waals surface area contributed by atoms with Crippen molar-refractivity contribution in [2.45, 2.75) is 44.2 Å². The van der Waals surface area contributed by atoms with Crippen LogP contribution in [0.3, 0.4) is 0 Å². The van der Waals surface area contributed by atoms with Gasteiger partial charge in [0.15, 0.2) is 0 Å². The van der Waals surface area contributed by atoms with E-state index in [1.54, 1.807) is 4.90 Å². The first-order valence-electron chi connectivity index (χ1n) is 7.53. The Bertz CT molecular complexity index is 630. The zero-order valence-corrected chi connectivity index (χ0v) is 11.9. The van der Waals surface area contributed by atoms with Crippen LogP contribution in [0.25, 0.3) is 0 Å². The first kappa shape index (κ1) is 14.1. The molecule has 7 nitrogen and oxygen atoms in total. The fourth-order valence-electron chi connectivity index (χ4n) is 3.39. The largest absolute Gasteiger partial charge is 0.334 e. The molecule has 2 fully saturated rings. The molecule has 7 heteroatoms. The van der Waals surface area contributed by atoms with Crippen LogP contribution in [0.4, 0.5) is 0 Å². The van der Waals surface area contributed by atoms with Gasteiger partial charge in [-0.3, -0.25) is 14.6 Å². The van der Waals surface area contributed by atoms with E-state index in [4.69, 9.17) is 0 Å². The van der Waals surface area contributed by atoms with Gasteiger partial charge in [0.1, 0.15) is 5.56 Å². The van der Waals surface area contributed by atoms with Gasteiger partial charge in [-0.1, -0.05) is 0 Å². The zero-order valence-electron chi connectivity index (χ0n) is 11.9. The van der Waals surface area contributed by atoms with E-state index in [-0.39, 0.29) is 17.5 Å². The lowest BCUT2D eigenvalue weighted by atomic mass is 9.94. The van der Waals surface area contributed by atoms with E-state index in [1.807, 2.05) is 0 Å². The smallest absolute Gasteiger partial charge is 0.325 e. The molecular formula is C14H20N4O3. The lowest BCUT2D eigenvalue weighted by molar-refractivity contribution is 0.0561. The fourth-order valence-corrected chi connectivity index (χ4v) is 3.39. The van der Waals surface area contributed by atoms with Crippen molar-refractivity contribution in [1.82, 2.24) is 20.2 Å². The predicted octanol–water partition coefficient (Wildman–Crippen LogP) is -0.190. The van der Waals surface area contributed by atoms with Gasteiger partial charge in [0.05, 0.1) is 0 Å². The Balaban J connectivity index is 1.86.